The Morgan fingerprint density at radius 1 is 1.19 bits per heavy atom. The van der Waals surface area contributed by atoms with E-state index in [-0.39, 0.29) is 11.7 Å². The molecule has 0 aliphatic heterocycles. The molecule has 0 aliphatic carbocycles. The van der Waals surface area contributed by atoms with E-state index in [1.54, 1.807) is 24.4 Å². The summed E-state index contributed by atoms with van der Waals surface area (Å²) in [7, 11) is 0. The number of fused-ring (bicyclic) bond motifs is 1. The first-order chi connectivity index (χ1) is 13.0. The minimum atomic E-state index is -0.264. The molecule has 0 fully saturated rings. The molecule has 3 aromatic heterocycles. The van der Waals surface area contributed by atoms with Crippen LogP contribution in [0.15, 0.2) is 48.7 Å². The maximum Gasteiger partial charge on any atom is 0.266 e. The summed E-state index contributed by atoms with van der Waals surface area (Å²) in [5.74, 6) is 0.0633. The third kappa shape index (κ3) is 3.59. The summed E-state index contributed by atoms with van der Waals surface area (Å²) in [6, 6.07) is 11.9. The van der Waals surface area contributed by atoms with E-state index in [1.807, 2.05) is 30.7 Å². The Morgan fingerprint density at radius 2 is 1.96 bits per heavy atom. The maximum atomic E-state index is 13.1. The van der Waals surface area contributed by atoms with Crippen LogP contribution in [0.25, 0.3) is 10.2 Å². The van der Waals surface area contributed by atoms with E-state index in [1.165, 1.54) is 23.5 Å². The maximum absolute atomic E-state index is 13.1. The number of hydrogen-bond acceptors (Lipinski definition) is 4. The highest BCUT2D eigenvalue weighted by atomic mass is 32.1. The molecule has 4 rings (SSSR count). The number of aromatic nitrogens is 3. The van der Waals surface area contributed by atoms with Crippen LogP contribution in [0.2, 0.25) is 0 Å². The number of amides is 1. The van der Waals surface area contributed by atoms with Crippen molar-refractivity contribution in [3.05, 3.63) is 76.2 Å². The lowest BCUT2D eigenvalue weighted by Gasteiger charge is -2.04. The summed E-state index contributed by atoms with van der Waals surface area (Å²) in [5, 5.41) is 8.32. The lowest BCUT2D eigenvalue weighted by Crippen LogP contribution is -2.11. The van der Waals surface area contributed by atoms with E-state index in [4.69, 9.17) is 0 Å². The van der Waals surface area contributed by atoms with Crippen LogP contribution < -0.4 is 5.32 Å². The van der Waals surface area contributed by atoms with Crippen LogP contribution in [0.4, 0.5) is 10.2 Å². The molecule has 1 N–H and O–H groups in total. The first kappa shape index (κ1) is 17.4. The van der Waals surface area contributed by atoms with E-state index < -0.39 is 0 Å². The van der Waals surface area contributed by atoms with Crippen molar-refractivity contribution in [3.8, 4) is 0 Å². The number of hydrogen-bond donors (Lipinski definition) is 1. The number of nitrogens with one attached hydrogen (secondary N) is 1. The first-order valence-corrected chi connectivity index (χ1v) is 9.26. The first-order valence-electron chi connectivity index (χ1n) is 8.45. The van der Waals surface area contributed by atoms with E-state index in [0.29, 0.717) is 17.2 Å². The molecule has 7 heteroatoms. The second-order valence-electron chi connectivity index (χ2n) is 6.37. The van der Waals surface area contributed by atoms with Crippen LogP contribution in [-0.2, 0) is 6.54 Å². The third-order valence-electron chi connectivity index (χ3n) is 4.23. The van der Waals surface area contributed by atoms with Gasteiger partial charge in [0.1, 0.15) is 16.5 Å². The Kier molecular flexibility index (Phi) is 4.45. The average Bonchev–Trinajstić information content (AvgIpc) is 3.21. The van der Waals surface area contributed by atoms with E-state index in [0.717, 1.165) is 27.0 Å². The van der Waals surface area contributed by atoms with Gasteiger partial charge in [0.05, 0.1) is 17.1 Å². The topological polar surface area (TPSA) is 59.8 Å². The molecular weight excluding hydrogens is 363 g/mol. The van der Waals surface area contributed by atoms with Crippen LogP contribution in [0.3, 0.4) is 0 Å². The van der Waals surface area contributed by atoms with Crippen LogP contribution in [0.1, 0.15) is 26.5 Å². The van der Waals surface area contributed by atoms with E-state index >= 15 is 0 Å². The minimum Gasteiger partial charge on any atom is -0.306 e. The summed E-state index contributed by atoms with van der Waals surface area (Å²) in [6.45, 7) is 4.38. The Balaban J connectivity index is 1.60. The molecule has 0 saturated heterocycles. The standard InChI is InChI=1S/C20H17FN4OS/c1-12-3-8-18(22-10-12)23-19(26)17-9-16-13(2)24-25(20(16)27-17)11-14-4-6-15(21)7-5-14/h3-10H,11H2,1-2H3,(H,22,23,26). The molecule has 0 radical (unpaired) electrons. The van der Waals surface area contributed by atoms with Crippen molar-refractivity contribution in [2.24, 2.45) is 0 Å². The average molecular weight is 380 g/mol. The minimum absolute atomic E-state index is 0.194. The summed E-state index contributed by atoms with van der Waals surface area (Å²) >= 11 is 1.38. The number of rotatable bonds is 4. The SMILES string of the molecule is Cc1ccc(NC(=O)c2cc3c(C)nn(Cc4ccc(F)cc4)c3s2)nc1. The van der Waals surface area contributed by atoms with Gasteiger partial charge in [-0.15, -0.1) is 11.3 Å². The Labute approximate surface area is 159 Å². The van der Waals surface area contributed by atoms with Gasteiger partial charge >= 0.3 is 0 Å². The van der Waals surface area contributed by atoms with Crippen molar-refractivity contribution >= 4 is 33.3 Å². The molecule has 3 heterocycles. The Bertz CT molecular complexity index is 1110. The lowest BCUT2D eigenvalue weighted by atomic mass is 10.2. The third-order valence-corrected chi connectivity index (χ3v) is 5.38. The summed E-state index contributed by atoms with van der Waals surface area (Å²) in [5.41, 5.74) is 2.84. The van der Waals surface area contributed by atoms with Crippen LogP contribution in [0.5, 0.6) is 0 Å². The van der Waals surface area contributed by atoms with Crippen molar-refractivity contribution in [3.63, 3.8) is 0 Å². The van der Waals surface area contributed by atoms with Gasteiger partial charge in [0.2, 0.25) is 0 Å². The van der Waals surface area contributed by atoms with Gasteiger partial charge in [-0.2, -0.15) is 5.10 Å². The van der Waals surface area contributed by atoms with Gasteiger partial charge in [0.15, 0.2) is 0 Å². The lowest BCUT2D eigenvalue weighted by molar-refractivity contribution is 0.103. The fourth-order valence-electron chi connectivity index (χ4n) is 2.81. The van der Waals surface area contributed by atoms with Crippen molar-refractivity contribution in [1.82, 2.24) is 14.8 Å². The molecule has 136 valence electrons. The largest absolute Gasteiger partial charge is 0.306 e. The van der Waals surface area contributed by atoms with Crippen LogP contribution >= 0.6 is 11.3 Å². The fraction of sp³-hybridized carbons (Fsp3) is 0.150. The number of carbonyl (C=O) groups excluding carboxylic acids is 1. The molecule has 0 saturated carbocycles. The van der Waals surface area contributed by atoms with Crippen molar-refractivity contribution < 1.29 is 9.18 Å². The van der Waals surface area contributed by atoms with Gasteiger partial charge in [-0.25, -0.2) is 9.37 Å². The number of carbonyl (C=O) groups is 1. The Hall–Kier alpha value is -3.06. The van der Waals surface area contributed by atoms with Crippen LogP contribution in [0, 0.1) is 19.7 Å². The van der Waals surface area contributed by atoms with Crippen molar-refractivity contribution in [2.75, 3.05) is 5.32 Å². The summed E-state index contributed by atoms with van der Waals surface area (Å²) in [4.78, 5) is 18.3. The zero-order chi connectivity index (χ0) is 19.0. The highest BCUT2D eigenvalue weighted by molar-refractivity contribution is 7.20. The molecule has 4 aromatic rings. The number of aryl methyl sites for hydroxylation is 2. The molecule has 0 unspecified atom stereocenters. The fourth-order valence-corrected chi connectivity index (χ4v) is 3.87. The predicted molar refractivity (Wildman–Crippen MR) is 105 cm³/mol. The van der Waals surface area contributed by atoms with Crippen molar-refractivity contribution in [2.45, 2.75) is 20.4 Å². The molecule has 5 nitrogen and oxygen atoms in total. The number of anilines is 1. The van der Waals surface area contributed by atoms with Gasteiger partial charge in [-0.3, -0.25) is 9.48 Å². The molecule has 0 aliphatic rings. The van der Waals surface area contributed by atoms with Gasteiger partial charge in [0, 0.05) is 11.6 Å². The number of halogens is 1. The summed E-state index contributed by atoms with van der Waals surface area (Å²) in [6.07, 6.45) is 1.71. The van der Waals surface area contributed by atoms with Gasteiger partial charge in [-0.1, -0.05) is 18.2 Å². The monoisotopic (exact) mass is 380 g/mol. The molecule has 0 spiro atoms. The molecule has 0 bridgehead atoms. The second kappa shape index (κ2) is 6.92. The molecular formula is C20H17FN4OS. The van der Waals surface area contributed by atoms with E-state index in [9.17, 15) is 9.18 Å². The zero-order valence-electron chi connectivity index (χ0n) is 14.9. The summed E-state index contributed by atoms with van der Waals surface area (Å²) < 4.78 is 15.0. The molecule has 0 atom stereocenters. The smallest absolute Gasteiger partial charge is 0.266 e. The molecule has 1 aromatic carbocycles. The van der Waals surface area contributed by atoms with E-state index in [2.05, 4.69) is 15.4 Å². The van der Waals surface area contributed by atoms with Crippen LogP contribution in [-0.4, -0.2) is 20.7 Å². The Morgan fingerprint density at radius 3 is 2.67 bits per heavy atom. The quantitative estimate of drug-likeness (QED) is 0.565. The van der Waals surface area contributed by atoms with Gasteiger partial charge < -0.3 is 5.32 Å². The van der Waals surface area contributed by atoms with Gasteiger partial charge in [-0.05, 0) is 49.2 Å². The number of benzene rings is 1. The number of nitrogens with zero attached hydrogens (tertiary/aromatic N) is 3. The highest BCUT2D eigenvalue weighted by Gasteiger charge is 2.17. The molecule has 27 heavy (non-hydrogen) atoms. The number of pyridine rings is 1. The van der Waals surface area contributed by atoms with Gasteiger partial charge in [0.25, 0.3) is 5.91 Å². The zero-order valence-corrected chi connectivity index (χ0v) is 15.7. The number of thiophene rings is 1. The van der Waals surface area contributed by atoms with Crippen molar-refractivity contribution in [1.29, 1.82) is 0 Å². The predicted octanol–water partition coefficient (Wildman–Crippen LogP) is 4.55. The molecule has 1 amide bonds. The second-order valence-corrected chi connectivity index (χ2v) is 7.40. The normalized spacial score (nSPS) is 11.1. The highest BCUT2D eigenvalue weighted by Crippen LogP contribution is 2.29.